The summed E-state index contributed by atoms with van der Waals surface area (Å²) in [6.45, 7) is 5.21. The molecule has 0 saturated carbocycles. The predicted octanol–water partition coefficient (Wildman–Crippen LogP) is 1.72. The maximum atomic E-state index is 12.6. The quantitative estimate of drug-likeness (QED) is 0.905. The van der Waals surface area contributed by atoms with Crippen molar-refractivity contribution in [2.45, 2.75) is 39.4 Å². The Morgan fingerprint density at radius 1 is 1.46 bits per heavy atom. The molecule has 1 N–H and O–H groups in total. The van der Waals surface area contributed by atoms with Crippen LogP contribution in [0.15, 0.2) is 35.3 Å². The highest BCUT2D eigenvalue weighted by Crippen LogP contribution is 2.22. The molecular weight excluding hydrogens is 308 g/mol. The number of aromatic nitrogens is 2. The molecule has 0 saturated heterocycles. The van der Waals surface area contributed by atoms with Gasteiger partial charge in [0.2, 0.25) is 11.8 Å². The molecule has 0 radical (unpaired) electrons. The van der Waals surface area contributed by atoms with Crippen LogP contribution in [0.1, 0.15) is 37.8 Å². The molecule has 3 rings (SSSR count). The lowest BCUT2D eigenvalue weighted by Crippen LogP contribution is -2.46. The van der Waals surface area contributed by atoms with Crippen molar-refractivity contribution >= 4 is 11.8 Å². The molecular formula is C17H22N4O3. The van der Waals surface area contributed by atoms with E-state index in [2.05, 4.69) is 10.3 Å². The van der Waals surface area contributed by atoms with Crippen LogP contribution in [-0.4, -0.2) is 32.8 Å². The molecule has 0 bridgehead atoms. The van der Waals surface area contributed by atoms with Crippen molar-refractivity contribution in [1.82, 2.24) is 19.8 Å². The lowest BCUT2D eigenvalue weighted by Gasteiger charge is -2.34. The van der Waals surface area contributed by atoms with E-state index < -0.39 is 6.04 Å². The molecule has 0 aromatic carbocycles. The van der Waals surface area contributed by atoms with E-state index in [0.29, 0.717) is 31.8 Å². The number of furan rings is 1. The third-order valence-corrected chi connectivity index (χ3v) is 4.08. The minimum absolute atomic E-state index is 0.0706. The maximum absolute atomic E-state index is 12.6. The zero-order chi connectivity index (χ0) is 17.1. The SMILES string of the molecule is CC(C)CC(=O)N1Cc2cncn2[C@H](C(=O)NCc2ccco2)C1. The summed E-state index contributed by atoms with van der Waals surface area (Å²) in [5, 5.41) is 2.87. The second-order valence-corrected chi connectivity index (χ2v) is 6.48. The first-order chi connectivity index (χ1) is 11.5. The van der Waals surface area contributed by atoms with Crippen LogP contribution < -0.4 is 5.32 Å². The van der Waals surface area contributed by atoms with E-state index in [0.717, 1.165) is 5.69 Å². The van der Waals surface area contributed by atoms with Gasteiger partial charge in [-0.3, -0.25) is 9.59 Å². The number of hydrogen-bond acceptors (Lipinski definition) is 4. The number of rotatable bonds is 5. The fourth-order valence-corrected chi connectivity index (χ4v) is 2.87. The highest BCUT2D eigenvalue weighted by atomic mass is 16.3. The van der Waals surface area contributed by atoms with Gasteiger partial charge < -0.3 is 19.2 Å². The monoisotopic (exact) mass is 330 g/mol. The summed E-state index contributed by atoms with van der Waals surface area (Å²) >= 11 is 0. The zero-order valence-electron chi connectivity index (χ0n) is 13.9. The summed E-state index contributed by atoms with van der Waals surface area (Å²) in [4.78, 5) is 30.9. The van der Waals surface area contributed by atoms with Crippen molar-refractivity contribution in [3.8, 4) is 0 Å². The fourth-order valence-electron chi connectivity index (χ4n) is 2.87. The first-order valence-electron chi connectivity index (χ1n) is 8.13. The second kappa shape index (κ2) is 6.90. The number of nitrogens with one attached hydrogen (secondary N) is 1. The molecule has 7 heteroatoms. The zero-order valence-corrected chi connectivity index (χ0v) is 13.9. The molecule has 0 spiro atoms. The number of imidazole rings is 1. The molecule has 1 aliphatic rings. The molecule has 1 atom stereocenters. The highest BCUT2D eigenvalue weighted by Gasteiger charge is 2.32. The van der Waals surface area contributed by atoms with E-state index in [4.69, 9.17) is 4.42 Å². The standard InChI is InChI=1S/C17H22N4O3/c1-12(2)6-16(22)20-9-13-7-18-11-21(13)15(10-20)17(23)19-8-14-4-3-5-24-14/h3-5,7,11-12,15H,6,8-10H2,1-2H3,(H,19,23)/t15-/m0/s1. The smallest absolute Gasteiger partial charge is 0.245 e. The van der Waals surface area contributed by atoms with Crippen molar-refractivity contribution in [2.24, 2.45) is 5.92 Å². The van der Waals surface area contributed by atoms with Crippen molar-refractivity contribution in [1.29, 1.82) is 0 Å². The molecule has 1 aliphatic heterocycles. The average Bonchev–Trinajstić information content (AvgIpc) is 3.21. The van der Waals surface area contributed by atoms with Crippen molar-refractivity contribution in [2.75, 3.05) is 6.54 Å². The van der Waals surface area contributed by atoms with Gasteiger partial charge in [-0.2, -0.15) is 0 Å². The summed E-state index contributed by atoms with van der Waals surface area (Å²) in [5.41, 5.74) is 0.872. The van der Waals surface area contributed by atoms with Gasteiger partial charge in [0.25, 0.3) is 0 Å². The Bertz CT molecular complexity index is 705. The first-order valence-corrected chi connectivity index (χ1v) is 8.13. The number of hydrogen-bond donors (Lipinski definition) is 1. The van der Waals surface area contributed by atoms with Gasteiger partial charge in [0, 0.05) is 12.6 Å². The molecule has 24 heavy (non-hydrogen) atoms. The van der Waals surface area contributed by atoms with Gasteiger partial charge >= 0.3 is 0 Å². The van der Waals surface area contributed by atoms with Crippen LogP contribution in [0.3, 0.4) is 0 Å². The minimum Gasteiger partial charge on any atom is -0.467 e. The average molecular weight is 330 g/mol. The first kappa shape index (κ1) is 16.3. The predicted molar refractivity (Wildman–Crippen MR) is 86.7 cm³/mol. The Balaban J connectivity index is 1.71. The number of carbonyl (C=O) groups excluding carboxylic acids is 2. The molecule has 2 aromatic heterocycles. The van der Waals surface area contributed by atoms with E-state index in [1.54, 1.807) is 29.8 Å². The van der Waals surface area contributed by atoms with Crippen LogP contribution in [0.2, 0.25) is 0 Å². The Hall–Kier alpha value is -2.57. The molecule has 0 fully saturated rings. The van der Waals surface area contributed by atoms with Gasteiger partial charge in [0.1, 0.15) is 11.8 Å². The third-order valence-electron chi connectivity index (χ3n) is 4.08. The van der Waals surface area contributed by atoms with E-state index in [1.165, 1.54) is 0 Å². The van der Waals surface area contributed by atoms with Crippen LogP contribution in [0.5, 0.6) is 0 Å². The Morgan fingerprint density at radius 2 is 2.29 bits per heavy atom. The molecule has 3 heterocycles. The lowest BCUT2D eigenvalue weighted by molar-refractivity contribution is -0.136. The maximum Gasteiger partial charge on any atom is 0.245 e. The minimum atomic E-state index is -0.470. The van der Waals surface area contributed by atoms with Crippen LogP contribution in [-0.2, 0) is 22.7 Å². The lowest BCUT2D eigenvalue weighted by atomic mass is 10.1. The van der Waals surface area contributed by atoms with Gasteiger partial charge in [-0.25, -0.2) is 4.98 Å². The molecule has 128 valence electrons. The Labute approximate surface area is 140 Å². The second-order valence-electron chi connectivity index (χ2n) is 6.48. The van der Waals surface area contributed by atoms with Gasteiger partial charge in [0.05, 0.1) is 37.9 Å². The summed E-state index contributed by atoms with van der Waals surface area (Å²) < 4.78 is 7.07. The van der Waals surface area contributed by atoms with Crippen LogP contribution in [0, 0.1) is 5.92 Å². The van der Waals surface area contributed by atoms with Gasteiger partial charge in [-0.15, -0.1) is 0 Å². The van der Waals surface area contributed by atoms with E-state index in [-0.39, 0.29) is 17.7 Å². The number of nitrogens with zero attached hydrogens (tertiary/aromatic N) is 3. The molecule has 2 aromatic rings. The van der Waals surface area contributed by atoms with E-state index in [9.17, 15) is 9.59 Å². The Morgan fingerprint density at radius 3 is 3.00 bits per heavy atom. The summed E-state index contributed by atoms with van der Waals surface area (Å²) in [7, 11) is 0. The van der Waals surface area contributed by atoms with Crippen LogP contribution >= 0.6 is 0 Å². The summed E-state index contributed by atoms with van der Waals surface area (Å²) in [6.07, 6.45) is 5.41. The van der Waals surface area contributed by atoms with Gasteiger partial charge in [-0.05, 0) is 18.1 Å². The number of fused-ring (bicyclic) bond motifs is 1. The molecule has 0 aliphatic carbocycles. The van der Waals surface area contributed by atoms with Crippen LogP contribution in [0.4, 0.5) is 0 Å². The third kappa shape index (κ3) is 3.50. The van der Waals surface area contributed by atoms with E-state index >= 15 is 0 Å². The van der Waals surface area contributed by atoms with Gasteiger partial charge in [0.15, 0.2) is 0 Å². The van der Waals surface area contributed by atoms with Gasteiger partial charge in [-0.1, -0.05) is 13.8 Å². The van der Waals surface area contributed by atoms with Crippen LogP contribution in [0.25, 0.3) is 0 Å². The topological polar surface area (TPSA) is 80.4 Å². The summed E-state index contributed by atoms with van der Waals surface area (Å²) in [6, 6.07) is 3.12. The van der Waals surface area contributed by atoms with Crippen molar-refractivity contribution in [3.63, 3.8) is 0 Å². The number of carbonyl (C=O) groups is 2. The summed E-state index contributed by atoms with van der Waals surface area (Å²) in [5.74, 6) is 0.905. The van der Waals surface area contributed by atoms with Crippen molar-refractivity contribution in [3.05, 3.63) is 42.4 Å². The largest absolute Gasteiger partial charge is 0.467 e. The van der Waals surface area contributed by atoms with E-state index in [1.807, 2.05) is 24.5 Å². The molecule has 7 nitrogen and oxygen atoms in total. The normalized spacial score (nSPS) is 17.0. The number of amides is 2. The van der Waals surface area contributed by atoms with Crippen molar-refractivity contribution < 1.29 is 14.0 Å². The highest BCUT2D eigenvalue weighted by molar-refractivity contribution is 5.83. The molecule has 2 amide bonds. The fraction of sp³-hybridized carbons (Fsp3) is 0.471. The Kier molecular flexibility index (Phi) is 4.69. The molecule has 0 unspecified atom stereocenters.